The van der Waals surface area contributed by atoms with Gasteiger partial charge in [0.1, 0.15) is 11.3 Å². The van der Waals surface area contributed by atoms with Crippen LogP contribution >= 0.6 is 0 Å². The fourth-order valence-corrected chi connectivity index (χ4v) is 3.66. The van der Waals surface area contributed by atoms with Gasteiger partial charge in [0.25, 0.3) is 5.91 Å². The molecule has 0 saturated carbocycles. The van der Waals surface area contributed by atoms with Gasteiger partial charge in [0.2, 0.25) is 5.88 Å². The molecule has 1 saturated heterocycles. The third-order valence-corrected chi connectivity index (χ3v) is 5.15. The first-order valence-electron chi connectivity index (χ1n) is 9.61. The van der Waals surface area contributed by atoms with Crippen molar-refractivity contribution < 1.29 is 19.1 Å². The lowest BCUT2D eigenvalue weighted by Crippen LogP contribution is -2.40. The van der Waals surface area contributed by atoms with E-state index in [-0.39, 0.29) is 17.4 Å². The van der Waals surface area contributed by atoms with Crippen LogP contribution in [-0.4, -0.2) is 22.5 Å². The van der Waals surface area contributed by atoms with Gasteiger partial charge in [-0.25, -0.2) is 14.7 Å². The number of hydrogen-bond acceptors (Lipinski definition) is 5. The molecule has 1 atom stereocenters. The predicted molar refractivity (Wildman–Crippen MR) is 108 cm³/mol. The lowest BCUT2D eigenvalue weighted by atomic mass is 9.84. The minimum Gasteiger partial charge on any atom is -0.439 e. The molecule has 0 spiro atoms. The van der Waals surface area contributed by atoms with Crippen LogP contribution in [0.1, 0.15) is 51.8 Å². The van der Waals surface area contributed by atoms with Gasteiger partial charge in [-0.2, -0.15) is 0 Å². The van der Waals surface area contributed by atoms with Crippen LogP contribution < -0.4 is 15.0 Å². The third-order valence-electron chi connectivity index (χ3n) is 5.15. The Morgan fingerprint density at radius 1 is 1.21 bits per heavy atom. The van der Waals surface area contributed by atoms with Crippen molar-refractivity contribution in [1.29, 1.82) is 0 Å². The van der Waals surface area contributed by atoms with Gasteiger partial charge in [-0.1, -0.05) is 26.8 Å². The molecule has 1 unspecified atom stereocenters. The summed E-state index contributed by atoms with van der Waals surface area (Å²) in [5, 5.41) is 2.65. The zero-order valence-electron chi connectivity index (χ0n) is 17.3. The predicted octanol–water partition coefficient (Wildman–Crippen LogP) is 4.33. The SMILES string of the molecule is CC1(C)NC(=O)N(c2ccc(Oc3ccc4c(c3)C(C(C)(C)C)OC4)nc2)C1=O. The lowest BCUT2D eigenvalue weighted by Gasteiger charge is -2.27. The number of anilines is 1. The van der Waals surface area contributed by atoms with E-state index in [9.17, 15) is 9.59 Å². The van der Waals surface area contributed by atoms with Crippen LogP contribution in [0.2, 0.25) is 0 Å². The maximum atomic E-state index is 12.4. The Morgan fingerprint density at radius 3 is 2.55 bits per heavy atom. The van der Waals surface area contributed by atoms with E-state index in [0.717, 1.165) is 10.5 Å². The van der Waals surface area contributed by atoms with E-state index in [1.807, 2.05) is 18.2 Å². The molecule has 1 N–H and O–H groups in total. The van der Waals surface area contributed by atoms with Crippen LogP contribution in [0.4, 0.5) is 10.5 Å². The second-order valence-corrected chi connectivity index (χ2v) is 9.07. The molecule has 1 aromatic heterocycles. The molecule has 7 heteroatoms. The summed E-state index contributed by atoms with van der Waals surface area (Å²) >= 11 is 0. The van der Waals surface area contributed by atoms with Crippen molar-refractivity contribution in [3.05, 3.63) is 47.7 Å². The fourth-order valence-electron chi connectivity index (χ4n) is 3.66. The standard InChI is InChI=1S/C22H25N3O4/c1-21(2,3)18-16-10-15(8-6-13(16)12-28-18)29-17-9-7-14(11-23-17)25-19(26)22(4,5)24-20(25)27/h6-11,18H,12H2,1-5H3,(H,24,27). The Morgan fingerprint density at radius 2 is 1.97 bits per heavy atom. The highest BCUT2D eigenvalue weighted by atomic mass is 16.5. The topological polar surface area (TPSA) is 80.8 Å². The number of nitrogens with one attached hydrogen (secondary N) is 1. The summed E-state index contributed by atoms with van der Waals surface area (Å²) < 4.78 is 11.9. The number of carbonyl (C=O) groups is 2. The molecule has 1 aromatic carbocycles. The molecular formula is C22H25N3O4. The smallest absolute Gasteiger partial charge is 0.329 e. The minimum atomic E-state index is -0.928. The summed E-state index contributed by atoms with van der Waals surface area (Å²) in [5.74, 6) is 0.732. The average molecular weight is 395 g/mol. The normalized spacial score (nSPS) is 20.6. The summed E-state index contributed by atoms with van der Waals surface area (Å²) in [5.41, 5.74) is 1.76. The van der Waals surface area contributed by atoms with Crippen LogP contribution in [0.3, 0.4) is 0 Å². The number of carbonyl (C=O) groups excluding carboxylic acids is 2. The van der Waals surface area contributed by atoms with Crippen molar-refractivity contribution in [3.63, 3.8) is 0 Å². The van der Waals surface area contributed by atoms with E-state index in [2.05, 4.69) is 31.1 Å². The molecule has 152 valence electrons. The third kappa shape index (κ3) is 3.46. The Bertz CT molecular complexity index is 977. The lowest BCUT2D eigenvalue weighted by molar-refractivity contribution is -0.121. The van der Waals surface area contributed by atoms with Gasteiger partial charge in [0.05, 0.1) is 24.6 Å². The van der Waals surface area contributed by atoms with Gasteiger partial charge < -0.3 is 14.8 Å². The van der Waals surface area contributed by atoms with Crippen LogP contribution in [0.5, 0.6) is 11.6 Å². The largest absolute Gasteiger partial charge is 0.439 e. The number of pyridine rings is 1. The number of fused-ring (bicyclic) bond motifs is 1. The van der Waals surface area contributed by atoms with E-state index in [1.165, 1.54) is 11.8 Å². The first kappa shape index (κ1) is 19.4. The number of amides is 3. The van der Waals surface area contributed by atoms with E-state index in [1.54, 1.807) is 26.0 Å². The molecule has 3 heterocycles. The summed E-state index contributed by atoms with van der Waals surface area (Å²) in [6.45, 7) is 10.4. The average Bonchev–Trinajstić information content (AvgIpc) is 3.14. The molecule has 0 bridgehead atoms. The summed E-state index contributed by atoms with van der Waals surface area (Å²) in [6, 6.07) is 8.74. The number of imide groups is 1. The van der Waals surface area contributed by atoms with Crippen molar-refractivity contribution in [3.8, 4) is 11.6 Å². The number of urea groups is 1. The molecule has 2 aliphatic rings. The van der Waals surface area contributed by atoms with Crippen molar-refractivity contribution in [1.82, 2.24) is 10.3 Å². The Kier molecular flexibility index (Phi) is 4.38. The first-order chi connectivity index (χ1) is 13.6. The Hall–Kier alpha value is -2.93. The maximum Gasteiger partial charge on any atom is 0.329 e. The summed E-state index contributed by atoms with van der Waals surface area (Å²) in [7, 11) is 0. The van der Waals surface area contributed by atoms with Gasteiger partial charge in [0, 0.05) is 6.07 Å². The number of rotatable bonds is 3. The van der Waals surface area contributed by atoms with E-state index >= 15 is 0 Å². The highest BCUT2D eigenvalue weighted by molar-refractivity contribution is 6.22. The van der Waals surface area contributed by atoms with Gasteiger partial charge in [0.15, 0.2) is 0 Å². The zero-order chi connectivity index (χ0) is 21.0. The molecule has 0 radical (unpaired) electrons. The first-order valence-corrected chi connectivity index (χ1v) is 9.61. The minimum absolute atomic E-state index is 0.0134. The van der Waals surface area contributed by atoms with Gasteiger partial charge in [-0.3, -0.25) is 4.79 Å². The molecule has 7 nitrogen and oxygen atoms in total. The number of benzene rings is 1. The Balaban J connectivity index is 1.53. The second-order valence-electron chi connectivity index (χ2n) is 9.07. The maximum absolute atomic E-state index is 12.4. The number of nitrogens with zero attached hydrogens (tertiary/aromatic N) is 2. The molecule has 2 aliphatic heterocycles. The van der Waals surface area contributed by atoms with E-state index in [4.69, 9.17) is 9.47 Å². The fraction of sp³-hybridized carbons (Fsp3) is 0.409. The molecular weight excluding hydrogens is 370 g/mol. The van der Waals surface area contributed by atoms with Crippen molar-refractivity contribution in [2.75, 3.05) is 4.90 Å². The molecule has 2 aromatic rings. The number of aromatic nitrogens is 1. The van der Waals surface area contributed by atoms with Crippen molar-refractivity contribution in [2.24, 2.45) is 5.41 Å². The van der Waals surface area contributed by atoms with Gasteiger partial charge in [-0.15, -0.1) is 0 Å². The zero-order valence-corrected chi connectivity index (χ0v) is 17.3. The van der Waals surface area contributed by atoms with Crippen LogP contribution in [-0.2, 0) is 16.1 Å². The van der Waals surface area contributed by atoms with Gasteiger partial charge >= 0.3 is 6.03 Å². The quantitative estimate of drug-likeness (QED) is 0.783. The second kappa shape index (κ2) is 6.56. The van der Waals surface area contributed by atoms with Crippen LogP contribution in [0.25, 0.3) is 0 Å². The van der Waals surface area contributed by atoms with Crippen molar-refractivity contribution in [2.45, 2.75) is 52.9 Å². The van der Waals surface area contributed by atoms with Gasteiger partial charge in [-0.05, 0) is 48.6 Å². The molecule has 29 heavy (non-hydrogen) atoms. The highest BCUT2D eigenvalue weighted by Crippen LogP contribution is 2.44. The summed E-state index contributed by atoms with van der Waals surface area (Å²) in [6.07, 6.45) is 1.47. The molecule has 1 fully saturated rings. The van der Waals surface area contributed by atoms with Crippen LogP contribution in [0, 0.1) is 5.41 Å². The molecule has 0 aliphatic carbocycles. The summed E-state index contributed by atoms with van der Waals surface area (Å²) in [4.78, 5) is 29.9. The number of hydrogen-bond donors (Lipinski definition) is 1. The molecule has 3 amide bonds. The number of ether oxygens (including phenoxy) is 2. The highest BCUT2D eigenvalue weighted by Gasteiger charge is 2.45. The van der Waals surface area contributed by atoms with E-state index in [0.29, 0.717) is 23.9 Å². The van der Waals surface area contributed by atoms with Crippen molar-refractivity contribution >= 4 is 17.6 Å². The monoisotopic (exact) mass is 395 g/mol. The van der Waals surface area contributed by atoms with Crippen LogP contribution in [0.15, 0.2) is 36.5 Å². The Labute approximate surface area is 170 Å². The van der Waals surface area contributed by atoms with E-state index < -0.39 is 11.6 Å². The molecule has 4 rings (SSSR count).